The number of nitrogens with one attached hydrogen (secondary N) is 1. The first-order valence-corrected chi connectivity index (χ1v) is 11.1. The van der Waals surface area contributed by atoms with E-state index in [1.54, 1.807) is 11.8 Å². The number of hydrogen-bond acceptors (Lipinski definition) is 7. The topological polar surface area (TPSA) is 91.8 Å². The third-order valence-electron chi connectivity index (χ3n) is 5.08. The first kappa shape index (κ1) is 23.3. The van der Waals surface area contributed by atoms with E-state index in [0.29, 0.717) is 31.4 Å². The molecule has 1 aromatic heterocycles. The van der Waals surface area contributed by atoms with Crippen LogP contribution in [0, 0.1) is 19.8 Å². The second-order valence-electron chi connectivity index (χ2n) is 7.26. The number of anilines is 1. The molecule has 1 saturated heterocycles. The Bertz CT molecular complexity index is 702. The number of ether oxygens (including phenoxy) is 1. The van der Waals surface area contributed by atoms with E-state index in [1.165, 1.54) is 11.3 Å². The van der Waals surface area contributed by atoms with Gasteiger partial charge in [-0.2, -0.15) is 0 Å². The Balaban J connectivity index is 1.85. The summed E-state index contributed by atoms with van der Waals surface area (Å²) in [6.07, 6.45) is 1.88. The fourth-order valence-corrected chi connectivity index (χ4v) is 4.26. The number of aromatic nitrogens is 1. The Kier molecular flexibility index (Phi) is 9.03. The van der Waals surface area contributed by atoms with E-state index in [4.69, 9.17) is 4.74 Å². The Morgan fingerprint density at radius 2 is 2.07 bits per heavy atom. The van der Waals surface area contributed by atoms with Crippen molar-refractivity contribution in [2.75, 3.05) is 44.6 Å². The number of piperidine rings is 1. The number of likely N-dealkylation sites (tertiary alicyclic amines) is 1. The summed E-state index contributed by atoms with van der Waals surface area (Å²) in [6, 6.07) is 0. The highest BCUT2D eigenvalue weighted by molar-refractivity contribution is 7.15. The molecule has 162 valence electrons. The van der Waals surface area contributed by atoms with E-state index in [2.05, 4.69) is 10.3 Å². The molecule has 1 atom stereocenters. The van der Waals surface area contributed by atoms with Gasteiger partial charge in [-0.1, -0.05) is 0 Å². The summed E-state index contributed by atoms with van der Waals surface area (Å²) in [6.45, 7) is 10.4. The predicted octanol–water partition coefficient (Wildman–Crippen LogP) is 2.21. The van der Waals surface area contributed by atoms with Crippen LogP contribution in [0.5, 0.6) is 0 Å². The van der Waals surface area contributed by atoms with Crippen LogP contribution in [0.3, 0.4) is 0 Å². The van der Waals surface area contributed by atoms with Crippen molar-refractivity contribution in [3.63, 3.8) is 0 Å². The van der Waals surface area contributed by atoms with Crippen LogP contribution >= 0.6 is 11.3 Å². The summed E-state index contributed by atoms with van der Waals surface area (Å²) < 4.78 is 4.95. The summed E-state index contributed by atoms with van der Waals surface area (Å²) in [5.74, 6) is -0.494. The monoisotopic (exact) mass is 424 g/mol. The minimum absolute atomic E-state index is 0.0491. The molecular weight excluding hydrogens is 392 g/mol. The molecule has 2 amide bonds. The Morgan fingerprint density at radius 1 is 1.31 bits per heavy atom. The lowest BCUT2D eigenvalue weighted by atomic mass is 9.96. The van der Waals surface area contributed by atoms with Crippen molar-refractivity contribution in [2.24, 2.45) is 5.92 Å². The van der Waals surface area contributed by atoms with Gasteiger partial charge in [0.05, 0.1) is 31.2 Å². The minimum Gasteiger partial charge on any atom is -0.466 e. The molecule has 2 rings (SSSR count). The van der Waals surface area contributed by atoms with Crippen LogP contribution in [0.1, 0.15) is 43.7 Å². The third kappa shape index (κ3) is 7.08. The van der Waals surface area contributed by atoms with Crippen molar-refractivity contribution in [2.45, 2.75) is 47.0 Å². The normalized spacial score (nSPS) is 17.0. The molecule has 0 bridgehead atoms. The summed E-state index contributed by atoms with van der Waals surface area (Å²) in [5, 5.41) is 3.47. The van der Waals surface area contributed by atoms with Crippen molar-refractivity contribution in [3.05, 3.63) is 10.6 Å². The van der Waals surface area contributed by atoms with Gasteiger partial charge in [0.15, 0.2) is 5.13 Å². The smallest absolute Gasteiger partial charge is 0.307 e. The Morgan fingerprint density at radius 3 is 2.69 bits per heavy atom. The summed E-state index contributed by atoms with van der Waals surface area (Å²) in [7, 11) is 0. The van der Waals surface area contributed by atoms with Gasteiger partial charge in [0.1, 0.15) is 0 Å². The number of esters is 1. The Labute approximate surface area is 176 Å². The lowest BCUT2D eigenvalue weighted by molar-refractivity contribution is -0.145. The second-order valence-corrected chi connectivity index (χ2v) is 8.46. The fraction of sp³-hybridized carbons (Fsp3) is 0.700. The maximum Gasteiger partial charge on any atom is 0.307 e. The summed E-state index contributed by atoms with van der Waals surface area (Å²) in [4.78, 5) is 46.0. The zero-order chi connectivity index (χ0) is 21.4. The van der Waals surface area contributed by atoms with Crippen LogP contribution in [-0.4, -0.2) is 71.9 Å². The largest absolute Gasteiger partial charge is 0.466 e. The highest BCUT2D eigenvalue weighted by atomic mass is 32.1. The van der Waals surface area contributed by atoms with Gasteiger partial charge >= 0.3 is 5.97 Å². The quantitative estimate of drug-likeness (QED) is 0.611. The van der Waals surface area contributed by atoms with Crippen molar-refractivity contribution in [3.8, 4) is 0 Å². The molecule has 29 heavy (non-hydrogen) atoms. The molecule has 0 aromatic carbocycles. The number of rotatable bonds is 9. The highest BCUT2D eigenvalue weighted by Crippen LogP contribution is 2.22. The number of carbonyl (C=O) groups excluding carboxylic acids is 3. The fourth-order valence-electron chi connectivity index (χ4n) is 3.43. The van der Waals surface area contributed by atoms with E-state index < -0.39 is 0 Å². The molecule has 1 N–H and O–H groups in total. The van der Waals surface area contributed by atoms with Crippen molar-refractivity contribution in [1.82, 2.24) is 14.8 Å². The molecular formula is C20H32N4O4S. The Hall–Kier alpha value is -2.00. The van der Waals surface area contributed by atoms with Gasteiger partial charge in [-0.05, 0) is 47.1 Å². The van der Waals surface area contributed by atoms with E-state index >= 15 is 0 Å². The third-order valence-corrected chi connectivity index (χ3v) is 6.07. The van der Waals surface area contributed by atoms with E-state index in [-0.39, 0.29) is 36.7 Å². The number of thiazole rings is 1. The average molecular weight is 425 g/mol. The molecule has 2 heterocycles. The zero-order valence-corrected chi connectivity index (χ0v) is 18.6. The first-order valence-electron chi connectivity index (χ1n) is 10.2. The zero-order valence-electron chi connectivity index (χ0n) is 17.8. The standard InChI is InChI=1S/C20H32N4O4S/c1-5-24(11-9-18(26)28-6-2)19(27)16-8-7-10-23(12-16)13-17(25)22-20-21-14(3)15(4)29-20/h16H,5-13H2,1-4H3,(H,21,22,25). The second kappa shape index (κ2) is 11.3. The molecule has 0 aliphatic carbocycles. The van der Waals surface area contributed by atoms with Gasteiger partial charge in [-0.3, -0.25) is 19.3 Å². The molecule has 1 aliphatic rings. The molecule has 1 unspecified atom stereocenters. The number of carbonyl (C=O) groups is 3. The van der Waals surface area contributed by atoms with Crippen molar-refractivity contribution >= 4 is 34.3 Å². The van der Waals surface area contributed by atoms with Gasteiger partial charge in [0.25, 0.3) is 0 Å². The van der Waals surface area contributed by atoms with Crippen LogP contribution in [0.2, 0.25) is 0 Å². The SMILES string of the molecule is CCOC(=O)CCN(CC)C(=O)C1CCCN(CC(=O)Nc2nc(C)c(C)s2)C1. The average Bonchev–Trinajstić information content (AvgIpc) is 2.99. The van der Waals surface area contributed by atoms with E-state index in [0.717, 1.165) is 30.0 Å². The van der Waals surface area contributed by atoms with Gasteiger partial charge in [-0.15, -0.1) is 11.3 Å². The number of amides is 2. The lowest BCUT2D eigenvalue weighted by Crippen LogP contribution is -2.47. The summed E-state index contributed by atoms with van der Waals surface area (Å²) in [5.41, 5.74) is 0.927. The van der Waals surface area contributed by atoms with Gasteiger partial charge < -0.3 is 15.0 Å². The molecule has 1 fully saturated rings. The first-order chi connectivity index (χ1) is 13.8. The van der Waals surface area contributed by atoms with Gasteiger partial charge in [-0.25, -0.2) is 4.98 Å². The molecule has 0 spiro atoms. The maximum absolute atomic E-state index is 12.9. The van der Waals surface area contributed by atoms with Crippen LogP contribution in [0.25, 0.3) is 0 Å². The van der Waals surface area contributed by atoms with E-state index in [1.807, 2.05) is 25.7 Å². The van der Waals surface area contributed by atoms with Crippen LogP contribution in [-0.2, 0) is 19.1 Å². The van der Waals surface area contributed by atoms with Crippen molar-refractivity contribution in [1.29, 1.82) is 0 Å². The molecule has 9 heteroatoms. The summed E-state index contributed by atoms with van der Waals surface area (Å²) >= 11 is 1.47. The van der Waals surface area contributed by atoms with Crippen LogP contribution in [0.15, 0.2) is 0 Å². The van der Waals surface area contributed by atoms with Crippen LogP contribution in [0.4, 0.5) is 5.13 Å². The van der Waals surface area contributed by atoms with Gasteiger partial charge in [0, 0.05) is 24.5 Å². The number of aryl methyl sites for hydroxylation is 2. The molecule has 1 aliphatic heterocycles. The molecule has 0 radical (unpaired) electrons. The number of nitrogens with zero attached hydrogens (tertiary/aromatic N) is 3. The lowest BCUT2D eigenvalue weighted by Gasteiger charge is -2.34. The minimum atomic E-state index is -0.284. The molecule has 0 saturated carbocycles. The van der Waals surface area contributed by atoms with Gasteiger partial charge in [0.2, 0.25) is 11.8 Å². The number of hydrogen-bond donors (Lipinski definition) is 1. The van der Waals surface area contributed by atoms with E-state index in [9.17, 15) is 14.4 Å². The molecule has 8 nitrogen and oxygen atoms in total. The molecule has 1 aromatic rings. The van der Waals surface area contributed by atoms with Crippen LogP contribution < -0.4 is 5.32 Å². The predicted molar refractivity (Wildman–Crippen MR) is 113 cm³/mol. The van der Waals surface area contributed by atoms with Crippen molar-refractivity contribution < 1.29 is 19.1 Å². The maximum atomic E-state index is 12.9. The highest BCUT2D eigenvalue weighted by Gasteiger charge is 2.30.